The van der Waals surface area contributed by atoms with Gasteiger partial charge in [0.1, 0.15) is 0 Å². The third-order valence-corrected chi connectivity index (χ3v) is 2.72. The van der Waals surface area contributed by atoms with Crippen molar-refractivity contribution in [2.45, 2.75) is 6.54 Å². The van der Waals surface area contributed by atoms with Crippen LogP contribution in [0.5, 0.6) is 0 Å². The molecule has 1 aromatic heterocycles. The van der Waals surface area contributed by atoms with Crippen molar-refractivity contribution in [3.63, 3.8) is 0 Å². The Labute approximate surface area is 111 Å². The summed E-state index contributed by atoms with van der Waals surface area (Å²) in [5.41, 5.74) is 1.64. The second-order valence-corrected chi connectivity index (χ2v) is 4.38. The molecular formula is C15H14N2O2. The first-order chi connectivity index (χ1) is 9.19. The highest BCUT2D eigenvalue weighted by Crippen LogP contribution is 2.08. The molecule has 0 unspecified atom stereocenters. The molecule has 19 heavy (non-hydrogen) atoms. The van der Waals surface area contributed by atoms with Gasteiger partial charge in [-0.1, -0.05) is 12.1 Å². The second kappa shape index (κ2) is 5.98. The number of hydrogen-bond acceptors (Lipinski definition) is 4. The van der Waals surface area contributed by atoms with Gasteiger partial charge in [-0.15, -0.1) is 0 Å². The quantitative estimate of drug-likeness (QED) is 0.769. The van der Waals surface area contributed by atoms with Gasteiger partial charge in [0.15, 0.2) is 5.76 Å². The van der Waals surface area contributed by atoms with Crippen LogP contribution in [0.15, 0.2) is 47.1 Å². The maximum Gasteiger partial charge on any atom is 0.211 e. The van der Waals surface area contributed by atoms with E-state index in [9.17, 15) is 4.79 Å². The van der Waals surface area contributed by atoms with Gasteiger partial charge in [-0.05, 0) is 36.9 Å². The lowest BCUT2D eigenvalue weighted by atomic mass is 10.1. The van der Waals surface area contributed by atoms with E-state index in [0.29, 0.717) is 17.9 Å². The van der Waals surface area contributed by atoms with Crippen molar-refractivity contribution in [3.05, 3.63) is 59.5 Å². The number of nitrogens with zero attached hydrogens (tertiary/aromatic N) is 2. The number of nitriles is 1. The van der Waals surface area contributed by atoms with Gasteiger partial charge in [-0.3, -0.25) is 9.69 Å². The highest BCUT2D eigenvalue weighted by molar-refractivity contribution is 5.94. The third-order valence-electron chi connectivity index (χ3n) is 2.72. The molecule has 0 N–H and O–H groups in total. The van der Waals surface area contributed by atoms with E-state index >= 15 is 0 Å². The van der Waals surface area contributed by atoms with Crippen LogP contribution in [0.3, 0.4) is 0 Å². The lowest BCUT2D eigenvalue weighted by molar-refractivity contribution is 0.0915. The average molecular weight is 254 g/mol. The minimum absolute atomic E-state index is 0.0519. The van der Waals surface area contributed by atoms with E-state index < -0.39 is 0 Å². The number of rotatable bonds is 5. The lowest BCUT2D eigenvalue weighted by Crippen LogP contribution is -2.25. The van der Waals surface area contributed by atoms with Gasteiger partial charge in [-0.25, -0.2) is 0 Å². The summed E-state index contributed by atoms with van der Waals surface area (Å²) in [6.45, 7) is 0.895. The van der Waals surface area contributed by atoms with Crippen LogP contribution in [0.25, 0.3) is 0 Å². The Kier molecular flexibility index (Phi) is 4.11. The summed E-state index contributed by atoms with van der Waals surface area (Å²) in [5, 5.41) is 8.84. The molecule has 4 heteroatoms. The molecule has 4 nitrogen and oxygen atoms in total. The summed E-state index contributed by atoms with van der Waals surface area (Å²) < 4.78 is 5.06. The number of likely N-dealkylation sites (N-methyl/N-ethyl adjacent to an activating group) is 1. The van der Waals surface area contributed by atoms with Crippen LogP contribution in [-0.4, -0.2) is 24.3 Å². The van der Waals surface area contributed by atoms with Crippen molar-refractivity contribution < 1.29 is 9.21 Å². The molecule has 0 aliphatic carbocycles. The van der Waals surface area contributed by atoms with Gasteiger partial charge in [0, 0.05) is 6.54 Å². The maximum atomic E-state index is 11.8. The molecular weight excluding hydrogens is 240 g/mol. The first-order valence-corrected chi connectivity index (χ1v) is 5.93. The standard InChI is InChI=1S/C15H14N2O2/c1-17(11-14(18)15-6-3-7-19-15)10-13-5-2-4-12(8-13)9-16/h2-8H,10-11H2,1H3. The van der Waals surface area contributed by atoms with Gasteiger partial charge in [0.05, 0.1) is 24.4 Å². The Morgan fingerprint density at radius 2 is 2.21 bits per heavy atom. The molecule has 0 amide bonds. The monoisotopic (exact) mass is 254 g/mol. The fraction of sp³-hybridized carbons (Fsp3) is 0.200. The van der Waals surface area contributed by atoms with E-state index in [1.54, 1.807) is 18.2 Å². The van der Waals surface area contributed by atoms with Crippen molar-refractivity contribution >= 4 is 5.78 Å². The zero-order valence-electron chi connectivity index (χ0n) is 10.7. The molecule has 0 aliphatic heterocycles. The van der Waals surface area contributed by atoms with Crippen molar-refractivity contribution in [2.24, 2.45) is 0 Å². The van der Waals surface area contributed by atoms with Gasteiger partial charge in [-0.2, -0.15) is 5.26 Å². The van der Waals surface area contributed by atoms with Crippen molar-refractivity contribution in [3.8, 4) is 6.07 Å². The number of benzene rings is 1. The maximum absolute atomic E-state index is 11.8. The van der Waals surface area contributed by atoms with Crippen LogP contribution in [-0.2, 0) is 6.54 Å². The fourth-order valence-corrected chi connectivity index (χ4v) is 1.87. The van der Waals surface area contributed by atoms with E-state index in [1.807, 2.05) is 30.1 Å². The Bertz CT molecular complexity index is 597. The van der Waals surface area contributed by atoms with Gasteiger partial charge >= 0.3 is 0 Å². The van der Waals surface area contributed by atoms with Crippen LogP contribution in [0.4, 0.5) is 0 Å². The zero-order chi connectivity index (χ0) is 13.7. The number of carbonyl (C=O) groups excluding carboxylic acids is 1. The molecule has 1 aromatic carbocycles. The van der Waals surface area contributed by atoms with Crippen LogP contribution in [0, 0.1) is 11.3 Å². The normalized spacial score (nSPS) is 10.4. The number of carbonyl (C=O) groups is 1. The molecule has 0 saturated carbocycles. The topological polar surface area (TPSA) is 57.2 Å². The Hall–Kier alpha value is -2.38. The molecule has 96 valence electrons. The molecule has 2 rings (SSSR count). The van der Waals surface area contributed by atoms with E-state index in [-0.39, 0.29) is 12.3 Å². The Morgan fingerprint density at radius 3 is 2.89 bits per heavy atom. The summed E-state index contributed by atoms with van der Waals surface area (Å²) in [7, 11) is 1.86. The minimum Gasteiger partial charge on any atom is -0.461 e. The number of hydrogen-bond donors (Lipinski definition) is 0. The Morgan fingerprint density at radius 1 is 1.37 bits per heavy atom. The third kappa shape index (κ3) is 3.54. The first kappa shape index (κ1) is 13.1. The van der Waals surface area contributed by atoms with Crippen molar-refractivity contribution in [1.29, 1.82) is 5.26 Å². The molecule has 0 spiro atoms. The van der Waals surface area contributed by atoms with E-state index in [2.05, 4.69) is 6.07 Å². The molecule has 0 saturated heterocycles. The minimum atomic E-state index is -0.0519. The molecule has 0 atom stereocenters. The highest BCUT2D eigenvalue weighted by Gasteiger charge is 2.12. The molecule has 0 aliphatic rings. The zero-order valence-corrected chi connectivity index (χ0v) is 10.7. The number of ketones is 1. The van der Waals surface area contributed by atoms with Crippen LogP contribution < -0.4 is 0 Å². The smallest absolute Gasteiger partial charge is 0.211 e. The highest BCUT2D eigenvalue weighted by atomic mass is 16.3. The van der Waals surface area contributed by atoms with Gasteiger partial charge in [0.25, 0.3) is 0 Å². The first-order valence-electron chi connectivity index (χ1n) is 5.93. The van der Waals surface area contributed by atoms with E-state index in [0.717, 1.165) is 5.56 Å². The van der Waals surface area contributed by atoms with E-state index in [4.69, 9.17) is 9.68 Å². The molecule has 2 aromatic rings. The summed E-state index contributed by atoms with van der Waals surface area (Å²) in [5.74, 6) is 0.321. The van der Waals surface area contributed by atoms with Gasteiger partial charge in [0.2, 0.25) is 5.78 Å². The summed E-state index contributed by atoms with van der Waals surface area (Å²) >= 11 is 0. The second-order valence-electron chi connectivity index (χ2n) is 4.38. The van der Waals surface area contributed by atoms with Crippen LogP contribution in [0.2, 0.25) is 0 Å². The van der Waals surface area contributed by atoms with E-state index in [1.165, 1.54) is 6.26 Å². The summed E-state index contributed by atoms with van der Waals surface area (Å²) in [6, 6.07) is 12.8. The molecule has 0 fully saturated rings. The van der Waals surface area contributed by atoms with Gasteiger partial charge < -0.3 is 4.42 Å². The SMILES string of the molecule is CN(CC(=O)c1ccco1)Cc1cccc(C#N)c1. The molecule has 1 heterocycles. The average Bonchev–Trinajstić information content (AvgIpc) is 2.92. The Balaban J connectivity index is 1.96. The van der Waals surface area contributed by atoms with Crippen molar-refractivity contribution in [2.75, 3.05) is 13.6 Å². The van der Waals surface area contributed by atoms with Crippen LogP contribution in [0.1, 0.15) is 21.7 Å². The predicted molar refractivity (Wildman–Crippen MR) is 70.5 cm³/mol. The summed E-state index contributed by atoms with van der Waals surface area (Å²) in [6.07, 6.45) is 1.49. The number of Topliss-reactive ketones (excluding diaryl/α,β-unsaturated/α-hetero) is 1. The summed E-state index contributed by atoms with van der Waals surface area (Å²) in [4.78, 5) is 13.7. The largest absolute Gasteiger partial charge is 0.461 e. The molecule has 0 radical (unpaired) electrons. The fourth-order valence-electron chi connectivity index (χ4n) is 1.87. The molecule has 0 bridgehead atoms. The van der Waals surface area contributed by atoms with Crippen molar-refractivity contribution in [1.82, 2.24) is 4.90 Å². The number of furan rings is 1. The predicted octanol–water partition coefficient (Wildman–Crippen LogP) is 2.47. The van der Waals surface area contributed by atoms with Crippen LogP contribution >= 0.6 is 0 Å². The lowest BCUT2D eigenvalue weighted by Gasteiger charge is -2.15.